The third-order valence-electron chi connectivity index (χ3n) is 2.91. The molecule has 0 saturated carbocycles. The SMILES string of the molecule is CCc1nn(C)cc1-c1nc(CC(N)CC)no1. The minimum Gasteiger partial charge on any atom is -0.334 e. The van der Waals surface area contributed by atoms with Gasteiger partial charge in [0.2, 0.25) is 0 Å². The molecule has 1 atom stereocenters. The standard InChI is InChI=1S/C12H19N5O/c1-4-8(13)6-11-14-12(18-16-11)9-7-17(3)15-10(9)5-2/h7-8H,4-6,13H2,1-3H3. The van der Waals surface area contributed by atoms with Crippen LogP contribution < -0.4 is 5.73 Å². The zero-order valence-corrected chi connectivity index (χ0v) is 11.1. The van der Waals surface area contributed by atoms with Gasteiger partial charge in [0.15, 0.2) is 5.82 Å². The molecule has 98 valence electrons. The van der Waals surface area contributed by atoms with Gasteiger partial charge in [-0.1, -0.05) is 19.0 Å². The van der Waals surface area contributed by atoms with E-state index in [4.69, 9.17) is 10.3 Å². The molecule has 6 heteroatoms. The molecule has 18 heavy (non-hydrogen) atoms. The molecule has 2 rings (SSSR count). The Kier molecular flexibility index (Phi) is 3.76. The van der Waals surface area contributed by atoms with Crippen LogP contribution in [0.25, 0.3) is 11.5 Å². The number of hydrogen-bond donors (Lipinski definition) is 1. The predicted octanol–water partition coefficient (Wildman–Crippen LogP) is 1.31. The smallest absolute Gasteiger partial charge is 0.261 e. The molecule has 0 spiro atoms. The molecular formula is C12H19N5O. The molecule has 2 aromatic heterocycles. The maximum atomic E-state index is 5.87. The Morgan fingerprint density at radius 1 is 1.44 bits per heavy atom. The van der Waals surface area contributed by atoms with Gasteiger partial charge in [0, 0.05) is 25.7 Å². The van der Waals surface area contributed by atoms with Gasteiger partial charge in [-0.2, -0.15) is 10.1 Å². The van der Waals surface area contributed by atoms with E-state index < -0.39 is 0 Å². The molecule has 0 bridgehead atoms. The van der Waals surface area contributed by atoms with Gasteiger partial charge in [-0.05, 0) is 12.8 Å². The van der Waals surface area contributed by atoms with E-state index in [1.54, 1.807) is 4.68 Å². The van der Waals surface area contributed by atoms with Crippen LogP contribution in [0.15, 0.2) is 10.7 Å². The van der Waals surface area contributed by atoms with Gasteiger partial charge in [-0.25, -0.2) is 0 Å². The van der Waals surface area contributed by atoms with Gasteiger partial charge < -0.3 is 10.3 Å². The van der Waals surface area contributed by atoms with Gasteiger partial charge in [0.1, 0.15) is 0 Å². The number of nitrogens with zero attached hydrogens (tertiary/aromatic N) is 4. The summed E-state index contributed by atoms with van der Waals surface area (Å²) in [4.78, 5) is 4.38. The van der Waals surface area contributed by atoms with Crippen molar-refractivity contribution in [2.45, 2.75) is 39.2 Å². The molecule has 2 N–H and O–H groups in total. The summed E-state index contributed by atoms with van der Waals surface area (Å²) in [7, 11) is 1.88. The Morgan fingerprint density at radius 3 is 2.89 bits per heavy atom. The molecule has 0 aliphatic heterocycles. The van der Waals surface area contributed by atoms with Crippen molar-refractivity contribution in [1.82, 2.24) is 19.9 Å². The van der Waals surface area contributed by atoms with Gasteiger partial charge in [-0.3, -0.25) is 4.68 Å². The van der Waals surface area contributed by atoms with Crippen molar-refractivity contribution < 1.29 is 4.52 Å². The maximum Gasteiger partial charge on any atom is 0.261 e. The van der Waals surface area contributed by atoms with Gasteiger partial charge in [-0.15, -0.1) is 0 Å². The van der Waals surface area contributed by atoms with Crippen LogP contribution in [0.4, 0.5) is 0 Å². The third kappa shape index (κ3) is 2.59. The van der Waals surface area contributed by atoms with E-state index in [2.05, 4.69) is 22.2 Å². The van der Waals surface area contributed by atoms with E-state index in [0.29, 0.717) is 18.1 Å². The number of aromatic nitrogens is 4. The summed E-state index contributed by atoms with van der Waals surface area (Å²) >= 11 is 0. The minimum atomic E-state index is 0.0787. The topological polar surface area (TPSA) is 82.8 Å². The van der Waals surface area contributed by atoms with Crippen LogP contribution in [0.5, 0.6) is 0 Å². The zero-order valence-electron chi connectivity index (χ0n) is 11.1. The van der Waals surface area contributed by atoms with Crippen molar-refractivity contribution in [1.29, 1.82) is 0 Å². The number of hydrogen-bond acceptors (Lipinski definition) is 5. The summed E-state index contributed by atoms with van der Waals surface area (Å²) in [6, 6.07) is 0.0787. The summed E-state index contributed by atoms with van der Waals surface area (Å²) in [5, 5.41) is 8.32. The number of nitrogens with two attached hydrogens (primary N) is 1. The Hall–Kier alpha value is -1.69. The van der Waals surface area contributed by atoms with Crippen LogP contribution in [-0.4, -0.2) is 26.0 Å². The average Bonchev–Trinajstić information content (AvgIpc) is 2.95. The molecule has 1 unspecified atom stereocenters. The van der Waals surface area contributed by atoms with Crippen LogP contribution in [-0.2, 0) is 19.9 Å². The van der Waals surface area contributed by atoms with Crippen molar-refractivity contribution in [2.24, 2.45) is 12.8 Å². The van der Waals surface area contributed by atoms with E-state index in [9.17, 15) is 0 Å². The van der Waals surface area contributed by atoms with Gasteiger partial charge in [0.05, 0.1) is 11.3 Å². The molecular weight excluding hydrogens is 230 g/mol. The van der Waals surface area contributed by atoms with Gasteiger partial charge in [0.25, 0.3) is 5.89 Å². The zero-order chi connectivity index (χ0) is 13.1. The summed E-state index contributed by atoms with van der Waals surface area (Å²) in [6.07, 6.45) is 4.27. The Balaban J connectivity index is 2.23. The number of rotatable bonds is 5. The highest BCUT2D eigenvalue weighted by molar-refractivity contribution is 5.55. The molecule has 0 aliphatic rings. The molecule has 6 nitrogen and oxygen atoms in total. The summed E-state index contributed by atoms with van der Waals surface area (Å²) < 4.78 is 7.04. The summed E-state index contributed by atoms with van der Waals surface area (Å²) in [5.41, 5.74) is 7.75. The average molecular weight is 249 g/mol. The highest BCUT2D eigenvalue weighted by Crippen LogP contribution is 2.21. The van der Waals surface area contributed by atoms with Crippen molar-refractivity contribution in [3.8, 4) is 11.5 Å². The molecule has 0 aromatic carbocycles. The Labute approximate surface area is 106 Å². The predicted molar refractivity (Wildman–Crippen MR) is 67.8 cm³/mol. The second kappa shape index (κ2) is 5.30. The fourth-order valence-corrected chi connectivity index (χ4v) is 1.80. The largest absolute Gasteiger partial charge is 0.334 e. The fourth-order valence-electron chi connectivity index (χ4n) is 1.80. The first-order chi connectivity index (χ1) is 8.63. The van der Waals surface area contributed by atoms with Crippen molar-refractivity contribution in [2.75, 3.05) is 0 Å². The molecule has 0 radical (unpaired) electrons. The highest BCUT2D eigenvalue weighted by atomic mass is 16.5. The molecule has 0 saturated heterocycles. The van der Waals surface area contributed by atoms with E-state index >= 15 is 0 Å². The fraction of sp³-hybridized carbons (Fsp3) is 0.583. The monoisotopic (exact) mass is 249 g/mol. The lowest BCUT2D eigenvalue weighted by Crippen LogP contribution is -2.21. The van der Waals surface area contributed by atoms with E-state index in [1.807, 2.05) is 20.2 Å². The molecule has 0 fully saturated rings. The lowest BCUT2D eigenvalue weighted by molar-refractivity contribution is 0.419. The molecule has 0 aliphatic carbocycles. The summed E-state index contributed by atoms with van der Waals surface area (Å²) in [6.45, 7) is 4.10. The highest BCUT2D eigenvalue weighted by Gasteiger charge is 2.16. The summed E-state index contributed by atoms with van der Waals surface area (Å²) in [5.74, 6) is 1.18. The van der Waals surface area contributed by atoms with E-state index in [-0.39, 0.29) is 6.04 Å². The normalized spacial score (nSPS) is 12.9. The number of aryl methyl sites for hydroxylation is 2. The van der Waals surface area contributed by atoms with Crippen LogP contribution in [0.2, 0.25) is 0 Å². The molecule has 2 heterocycles. The second-order valence-corrected chi connectivity index (χ2v) is 4.40. The third-order valence-corrected chi connectivity index (χ3v) is 2.91. The first-order valence-corrected chi connectivity index (χ1v) is 6.25. The van der Waals surface area contributed by atoms with E-state index in [0.717, 1.165) is 24.1 Å². The van der Waals surface area contributed by atoms with Crippen LogP contribution >= 0.6 is 0 Å². The van der Waals surface area contributed by atoms with Crippen LogP contribution in [0.1, 0.15) is 31.8 Å². The van der Waals surface area contributed by atoms with Crippen molar-refractivity contribution >= 4 is 0 Å². The lowest BCUT2D eigenvalue weighted by atomic mass is 10.1. The maximum absolute atomic E-state index is 5.87. The van der Waals surface area contributed by atoms with Crippen molar-refractivity contribution in [3.63, 3.8) is 0 Å². The minimum absolute atomic E-state index is 0.0787. The first-order valence-electron chi connectivity index (χ1n) is 6.25. The van der Waals surface area contributed by atoms with Crippen LogP contribution in [0, 0.1) is 0 Å². The molecule has 0 amide bonds. The van der Waals surface area contributed by atoms with E-state index in [1.165, 1.54) is 0 Å². The second-order valence-electron chi connectivity index (χ2n) is 4.40. The Morgan fingerprint density at radius 2 is 2.22 bits per heavy atom. The quantitative estimate of drug-likeness (QED) is 0.863. The lowest BCUT2D eigenvalue weighted by Gasteiger charge is -2.02. The molecule has 2 aromatic rings. The van der Waals surface area contributed by atoms with Gasteiger partial charge >= 0.3 is 0 Å². The Bertz CT molecular complexity index is 516. The van der Waals surface area contributed by atoms with Crippen molar-refractivity contribution in [3.05, 3.63) is 17.7 Å². The first kappa shape index (κ1) is 12.8. The van der Waals surface area contributed by atoms with Crippen LogP contribution in [0.3, 0.4) is 0 Å².